The van der Waals surface area contributed by atoms with Gasteiger partial charge in [-0.25, -0.2) is 4.79 Å². The van der Waals surface area contributed by atoms with Gasteiger partial charge in [0, 0.05) is 11.1 Å². The van der Waals surface area contributed by atoms with Crippen molar-refractivity contribution in [1.82, 2.24) is 0 Å². The molecule has 36 heavy (non-hydrogen) atoms. The van der Waals surface area contributed by atoms with Crippen LogP contribution in [-0.2, 0) is 11.3 Å². The Balaban J connectivity index is 1.47. The molecule has 0 aromatic heterocycles. The summed E-state index contributed by atoms with van der Waals surface area (Å²) in [5, 5.41) is 0. The number of esters is 1. The fourth-order valence-electron chi connectivity index (χ4n) is 3.62. The second kappa shape index (κ2) is 11.7. The second-order valence-corrected chi connectivity index (χ2v) is 7.93. The Kier molecular flexibility index (Phi) is 7.98. The summed E-state index contributed by atoms with van der Waals surface area (Å²) in [7, 11) is 3.14. The zero-order valence-electron chi connectivity index (χ0n) is 20.0. The first-order valence-corrected chi connectivity index (χ1v) is 11.4. The number of benzene rings is 4. The molecule has 0 saturated carbocycles. The monoisotopic (exact) mass is 482 g/mol. The van der Waals surface area contributed by atoms with Gasteiger partial charge in [-0.2, -0.15) is 0 Å². The summed E-state index contributed by atoms with van der Waals surface area (Å²) in [4.78, 5) is 26.3. The fourth-order valence-corrected chi connectivity index (χ4v) is 3.62. The molecule has 0 radical (unpaired) electrons. The van der Waals surface area contributed by atoms with Crippen molar-refractivity contribution in [2.45, 2.75) is 12.7 Å². The number of ketones is 1. The SMILES string of the molecule is COc1ccc(C(=O)[C@@H](OC(=O)c2ccc(COc3ccccc3OC)cc2)c2ccccc2)cc1. The number of carbonyl (C=O) groups is 2. The molecule has 4 aromatic carbocycles. The lowest BCUT2D eigenvalue weighted by molar-refractivity contribution is 0.0280. The van der Waals surface area contributed by atoms with Crippen LogP contribution in [0.15, 0.2) is 103 Å². The van der Waals surface area contributed by atoms with Gasteiger partial charge in [0.2, 0.25) is 5.78 Å². The number of rotatable bonds is 10. The molecule has 0 unspecified atom stereocenters. The Hall–Kier alpha value is -4.58. The minimum Gasteiger partial charge on any atom is -0.497 e. The predicted molar refractivity (Wildman–Crippen MR) is 136 cm³/mol. The Bertz CT molecular complexity index is 1300. The van der Waals surface area contributed by atoms with E-state index >= 15 is 0 Å². The van der Waals surface area contributed by atoms with E-state index in [-0.39, 0.29) is 5.78 Å². The summed E-state index contributed by atoms with van der Waals surface area (Å²) in [6, 6.07) is 29.9. The highest BCUT2D eigenvalue weighted by molar-refractivity contribution is 6.02. The number of methoxy groups -OCH3 is 2. The standard InChI is InChI=1S/C30H26O6/c1-33-25-18-16-22(17-19-25)28(31)29(23-8-4-3-5-9-23)36-30(32)24-14-12-21(13-15-24)20-35-27-11-7-6-10-26(27)34-2/h3-19,29H,20H2,1-2H3/t29-/m0/s1. The molecule has 182 valence electrons. The van der Waals surface area contributed by atoms with E-state index in [1.807, 2.05) is 30.3 Å². The van der Waals surface area contributed by atoms with Crippen molar-refractivity contribution in [3.8, 4) is 17.2 Å². The molecule has 1 atom stereocenters. The van der Waals surface area contributed by atoms with Crippen LogP contribution in [0, 0.1) is 0 Å². The van der Waals surface area contributed by atoms with Crippen molar-refractivity contribution < 1.29 is 28.5 Å². The number of ether oxygens (including phenoxy) is 4. The van der Waals surface area contributed by atoms with Crippen molar-refractivity contribution in [2.24, 2.45) is 0 Å². The molecule has 6 heteroatoms. The van der Waals surface area contributed by atoms with Crippen LogP contribution in [0.2, 0.25) is 0 Å². The molecule has 0 fully saturated rings. The fraction of sp³-hybridized carbons (Fsp3) is 0.133. The van der Waals surface area contributed by atoms with Gasteiger partial charge >= 0.3 is 5.97 Å². The minimum absolute atomic E-state index is 0.304. The third-order valence-electron chi connectivity index (χ3n) is 5.59. The zero-order valence-corrected chi connectivity index (χ0v) is 20.0. The molecular weight excluding hydrogens is 456 g/mol. The Morgan fingerprint density at radius 2 is 1.28 bits per heavy atom. The molecule has 4 aromatic rings. The van der Waals surface area contributed by atoms with E-state index in [2.05, 4.69) is 0 Å². The van der Waals surface area contributed by atoms with E-state index in [4.69, 9.17) is 18.9 Å². The minimum atomic E-state index is -1.08. The quantitative estimate of drug-likeness (QED) is 0.202. The predicted octanol–water partition coefficient (Wildman–Crippen LogP) is 6.06. The van der Waals surface area contributed by atoms with Gasteiger partial charge in [0.1, 0.15) is 12.4 Å². The summed E-state index contributed by atoms with van der Waals surface area (Å²) in [6.45, 7) is 0.304. The van der Waals surface area contributed by atoms with E-state index in [0.29, 0.717) is 40.5 Å². The van der Waals surface area contributed by atoms with Gasteiger partial charge in [-0.1, -0.05) is 54.6 Å². The van der Waals surface area contributed by atoms with Crippen LogP contribution in [0.25, 0.3) is 0 Å². The lowest BCUT2D eigenvalue weighted by Crippen LogP contribution is -2.20. The van der Waals surface area contributed by atoms with Gasteiger partial charge in [-0.15, -0.1) is 0 Å². The average molecular weight is 483 g/mol. The zero-order chi connectivity index (χ0) is 25.3. The number of Topliss-reactive ketones (excluding diaryl/α,β-unsaturated/α-hetero) is 1. The number of hydrogen-bond acceptors (Lipinski definition) is 6. The van der Waals surface area contributed by atoms with E-state index < -0.39 is 12.1 Å². The van der Waals surface area contributed by atoms with Crippen LogP contribution in [0.1, 0.15) is 37.9 Å². The van der Waals surface area contributed by atoms with Gasteiger partial charge in [-0.05, 0) is 54.1 Å². The van der Waals surface area contributed by atoms with Crippen molar-refractivity contribution >= 4 is 11.8 Å². The van der Waals surface area contributed by atoms with Crippen LogP contribution in [0.5, 0.6) is 17.2 Å². The lowest BCUT2D eigenvalue weighted by Gasteiger charge is -2.18. The summed E-state index contributed by atoms with van der Waals surface area (Å²) < 4.78 is 22.0. The third-order valence-corrected chi connectivity index (χ3v) is 5.59. The number of para-hydroxylation sites is 2. The molecule has 0 bridgehead atoms. The molecule has 0 spiro atoms. The van der Waals surface area contributed by atoms with Gasteiger partial charge in [0.15, 0.2) is 17.6 Å². The Labute approximate surface area is 210 Å². The van der Waals surface area contributed by atoms with Crippen LogP contribution < -0.4 is 14.2 Å². The topological polar surface area (TPSA) is 71.1 Å². The first-order chi connectivity index (χ1) is 17.6. The molecule has 0 saturated heterocycles. The molecular formula is C30H26O6. The van der Waals surface area contributed by atoms with Gasteiger partial charge in [0.05, 0.1) is 19.8 Å². The van der Waals surface area contributed by atoms with E-state index in [1.165, 1.54) is 0 Å². The highest BCUT2D eigenvalue weighted by atomic mass is 16.5. The van der Waals surface area contributed by atoms with Crippen molar-refractivity contribution in [2.75, 3.05) is 14.2 Å². The molecule has 0 amide bonds. The molecule has 0 aliphatic carbocycles. The largest absolute Gasteiger partial charge is 0.497 e. The highest BCUT2D eigenvalue weighted by Crippen LogP contribution is 2.27. The molecule has 0 N–H and O–H groups in total. The average Bonchev–Trinajstić information content (AvgIpc) is 2.95. The molecule has 0 aliphatic rings. The van der Waals surface area contributed by atoms with Gasteiger partial charge in [-0.3, -0.25) is 4.79 Å². The lowest BCUT2D eigenvalue weighted by atomic mass is 9.99. The van der Waals surface area contributed by atoms with Crippen molar-refractivity contribution in [1.29, 1.82) is 0 Å². The maximum atomic E-state index is 13.3. The summed E-state index contributed by atoms with van der Waals surface area (Å²) in [6.07, 6.45) is -1.08. The summed E-state index contributed by atoms with van der Waals surface area (Å²) >= 11 is 0. The van der Waals surface area contributed by atoms with Crippen LogP contribution in [0.4, 0.5) is 0 Å². The molecule has 6 nitrogen and oxygen atoms in total. The van der Waals surface area contributed by atoms with Crippen LogP contribution in [-0.4, -0.2) is 26.0 Å². The first-order valence-electron chi connectivity index (χ1n) is 11.4. The summed E-state index contributed by atoms with van der Waals surface area (Å²) in [5.74, 6) is 0.994. The smallest absolute Gasteiger partial charge is 0.339 e. The summed E-state index contributed by atoms with van der Waals surface area (Å²) in [5.41, 5.74) is 2.21. The molecule has 0 heterocycles. The molecule has 4 rings (SSSR count). The molecule has 0 aliphatic heterocycles. The Morgan fingerprint density at radius 1 is 0.667 bits per heavy atom. The highest BCUT2D eigenvalue weighted by Gasteiger charge is 2.27. The normalized spacial score (nSPS) is 11.3. The maximum absolute atomic E-state index is 13.3. The van der Waals surface area contributed by atoms with Crippen molar-refractivity contribution in [3.05, 3.63) is 125 Å². The van der Waals surface area contributed by atoms with Crippen molar-refractivity contribution in [3.63, 3.8) is 0 Å². The first kappa shape index (κ1) is 24.5. The van der Waals surface area contributed by atoms with Gasteiger partial charge in [0.25, 0.3) is 0 Å². The van der Waals surface area contributed by atoms with Crippen LogP contribution in [0.3, 0.4) is 0 Å². The van der Waals surface area contributed by atoms with Crippen LogP contribution >= 0.6 is 0 Å². The van der Waals surface area contributed by atoms with E-state index in [9.17, 15) is 9.59 Å². The van der Waals surface area contributed by atoms with E-state index in [0.717, 1.165) is 5.56 Å². The maximum Gasteiger partial charge on any atom is 0.339 e. The van der Waals surface area contributed by atoms with Gasteiger partial charge < -0.3 is 18.9 Å². The third kappa shape index (κ3) is 5.91. The second-order valence-electron chi connectivity index (χ2n) is 7.93. The number of hydrogen-bond donors (Lipinski definition) is 0. The van der Waals surface area contributed by atoms with E-state index in [1.54, 1.807) is 87.0 Å². The number of carbonyl (C=O) groups excluding carboxylic acids is 2. The Morgan fingerprint density at radius 3 is 1.92 bits per heavy atom.